The predicted molar refractivity (Wildman–Crippen MR) is 196 cm³/mol. The summed E-state index contributed by atoms with van der Waals surface area (Å²) in [5.74, 6) is 0.445. The highest BCUT2D eigenvalue weighted by atomic mass is 28.3. The smallest absolute Gasteiger partial charge is 0.264 e. The molecule has 10 nitrogen and oxygen atoms in total. The lowest BCUT2D eigenvalue weighted by atomic mass is 9.82. The van der Waals surface area contributed by atoms with Crippen LogP contribution in [-0.2, 0) is 26.5 Å². The van der Waals surface area contributed by atoms with Gasteiger partial charge < -0.3 is 24.4 Å². The van der Waals surface area contributed by atoms with Gasteiger partial charge in [0, 0.05) is 49.9 Å². The number of likely N-dealkylation sites (N-methyl/N-ethyl adjacent to an activating group) is 1. The number of rotatable bonds is 10. The number of hydrogen-bond acceptors (Lipinski definition) is 7. The minimum atomic E-state index is -2.33. The first kappa shape index (κ1) is 34.1. The Bertz CT molecular complexity index is 1860. The summed E-state index contributed by atoms with van der Waals surface area (Å²) in [4.78, 5) is 31.2. The summed E-state index contributed by atoms with van der Waals surface area (Å²) in [7, 11) is 1.17. The van der Waals surface area contributed by atoms with E-state index in [1.165, 1.54) is 5.19 Å². The van der Waals surface area contributed by atoms with Gasteiger partial charge in [-0.25, -0.2) is 0 Å². The van der Waals surface area contributed by atoms with Crippen molar-refractivity contribution in [1.29, 1.82) is 0 Å². The Morgan fingerprint density at radius 2 is 1.82 bits per heavy atom. The molecule has 1 aromatic heterocycles. The zero-order chi connectivity index (χ0) is 35.2. The number of methoxy groups -OCH3 is 1. The molecule has 2 fully saturated rings. The zero-order valence-corrected chi connectivity index (χ0v) is 30.6. The Morgan fingerprint density at radius 1 is 1.06 bits per heavy atom. The van der Waals surface area contributed by atoms with Crippen LogP contribution in [0, 0.1) is 5.92 Å². The number of carbonyl (C=O) groups is 2. The lowest BCUT2D eigenvalue weighted by molar-refractivity contribution is -0.145. The molecule has 0 radical (unpaired) electrons. The SMILES string of the molecule is COc1ccc([Si](C)(C)[C@H]2[C@H](CCn3cc(C(CO)c4ccccc4)nn3)O[C@@]3(C(=O)N(C)c4ccc(N5CCCCC5=O)cc43)[C@@H]2C)cc1. The molecule has 2 saturated heterocycles. The van der Waals surface area contributed by atoms with Gasteiger partial charge in [0.15, 0.2) is 5.60 Å². The zero-order valence-electron chi connectivity index (χ0n) is 29.6. The van der Waals surface area contributed by atoms with Gasteiger partial charge in [0.05, 0.1) is 45.2 Å². The highest BCUT2D eigenvalue weighted by molar-refractivity contribution is 6.91. The van der Waals surface area contributed by atoms with Crippen LogP contribution in [0.4, 0.5) is 11.4 Å². The van der Waals surface area contributed by atoms with Gasteiger partial charge in [0.1, 0.15) is 5.75 Å². The molecule has 0 aliphatic carbocycles. The van der Waals surface area contributed by atoms with Gasteiger partial charge in [-0.15, -0.1) is 5.10 Å². The van der Waals surface area contributed by atoms with Gasteiger partial charge in [-0.1, -0.05) is 72.9 Å². The summed E-state index contributed by atoms with van der Waals surface area (Å²) in [5, 5.41) is 20.4. The average Bonchev–Trinajstić information content (AvgIpc) is 3.78. The molecule has 50 heavy (non-hydrogen) atoms. The van der Waals surface area contributed by atoms with Gasteiger partial charge in [-0.2, -0.15) is 0 Å². The monoisotopic (exact) mass is 693 g/mol. The molecule has 7 rings (SSSR count). The van der Waals surface area contributed by atoms with Crippen molar-refractivity contribution < 1.29 is 24.2 Å². The Morgan fingerprint density at radius 3 is 2.52 bits per heavy atom. The van der Waals surface area contributed by atoms with Gasteiger partial charge in [-0.05, 0) is 60.7 Å². The van der Waals surface area contributed by atoms with Crippen molar-refractivity contribution in [3.63, 3.8) is 0 Å². The van der Waals surface area contributed by atoms with E-state index in [4.69, 9.17) is 9.47 Å². The minimum absolute atomic E-state index is 0.0640. The van der Waals surface area contributed by atoms with Crippen molar-refractivity contribution in [2.45, 2.75) is 75.4 Å². The lowest BCUT2D eigenvalue weighted by Gasteiger charge is -2.37. The maximum atomic E-state index is 14.6. The van der Waals surface area contributed by atoms with E-state index >= 15 is 0 Å². The molecule has 3 aromatic carbocycles. The fourth-order valence-corrected chi connectivity index (χ4v) is 12.9. The van der Waals surface area contributed by atoms with E-state index in [1.807, 2.05) is 83.5 Å². The van der Waals surface area contributed by atoms with Crippen LogP contribution in [-0.4, -0.2) is 73.4 Å². The molecular formula is C39H47N5O5Si. The summed E-state index contributed by atoms with van der Waals surface area (Å²) in [6.07, 6.45) is 4.67. The van der Waals surface area contributed by atoms with E-state index in [0.29, 0.717) is 31.6 Å². The molecule has 1 N–H and O–H groups in total. The molecule has 262 valence electrons. The van der Waals surface area contributed by atoms with Crippen LogP contribution in [0.3, 0.4) is 0 Å². The van der Waals surface area contributed by atoms with E-state index in [9.17, 15) is 14.7 Å². The fourth-order valence-electron chi connectivity index (χ4n) is 8.82. The van der Waals surface area contributed by atoms with Crippen LogP contribution < -0.4 is 19.7 Å². The van der Waals surface area contributed by atoms with Crippen LogP contribution >= 0.6 is 0 Å². The summed E-state index contributed by atoms with van der Waals surface area (Å²) >= 11 is 0. The van der Waals surface area contributed by atoms with Crippen molar-refractivity contribution >= 4 is 36.4 Å². The number of piperidine rings is 1. The second-order valence-electron chi connectivity index (χ2n) is 14.6. The van der Waals surface area contributed by atoms with E-state index < -0.39 is 13.7 Å². The number of aliphatic hydroxyl groups is 1. The summed E-state index contributed by atoms with van der Waals surface area (Å²) in [6, 6.07) is 24.2. The van der Waals surface area contributed by atoms with E-state index in [1.54, 1.807) is 12.0 Å². The van der Waals surface area contributed by atoms with Gasteiger partial charge in [0.2, 0.25) is 5.91 Å². The van der Waals surface area contributed by atoms with Crippen molar-refractivity contribution in [3.8, 4) is 5.75 Å². The van der Waals surface area contributed by atoms with Crippen LogP contribution in [0.1, 0.15) is 55.3 Å². The Balaban J connectivity index is 1.25. The predicted octanol–water partition coefficient (Wildman–Crippen LogP) is 5.21. The molecule has 2 amide bonds. The molecular weight excluding hydrogens is 647 g/mol. The third-order valence-electron chi connectivity index (χ3n) is 11.5. The molecule has 11 heteroatoms. The maximum absolute atomic E-state index is 14.6. The van der Waals surface area contributed by atoms with Crippen LogP contribution in [0.2, 0.25) is 18.6 Å². The Kier molecular flexibility index (Phi) is 9.17. The number of fused-ring (bicyclic) bond motifs is 2. The molecule has 4 aromatic rings. The number of hydrogen-bond donors (Lipinski definition) is 1. The largest absolute Gasteiger partial charge is 0.497 e. The minimum Gasteiger partial charge on any atom is -0.497 e. The normalized spacial score (nSPS) is 24.2. The number of aromatic nitrogens is 3. The quantitative estimate of drug-likeness (QED) is 0.227. The van der Waals surface area contributed by atoms with Gasteiger partial charge in [0.25, 0.3) is 5.91 Å². The number of amides is 2. The molecule has 1 unspecified atom stereocenters. The highest BCUT2D eigenvalue weighted by Gasteiger charge is 2.65. The fraction of sp³-hybridized carbons (Fsp3) is 0.436. The number of benzene rings is 3. The topological polar surface area (TPSA) is 110 Å². The van der Waals surface area contributed by atoms with Crippen molar-refractivity contribution in [3.05, 3.63) is 95.8 Å². The summed E-state index contributed by atoms with van der Waals surface area (Å²) in [5.41, 5.74) is 3.07. The summed E-state index contributed by atoms with van der Waals surface area (Å²) in [6.45, 7) is 8.07. The Labute approximate surface area is 295 Å². The van der Waals surface area contributed by atoms with Gasteiger partial charge >= 0.3 is 0 Å². The van der Waals surface area contributed by atoms with E-state index in [2.05, 4.69) is 42.5 Å². The van der Waals surface area contributed by atoms with Crippen LogP contribution in [0.25, 0.3) is 0 Å². The molecule has 1 spiro atoms. The van der Waals surface area contributed by atoms with Gasteiger partial charge in [-0.3, -0.25) is 14.3 Å². The molecule has 3 aliphatic heterocycles. The Hall–Kier alpha value is -4.32. The number of aryl methyl sites for hydroxylation is 1. The number of ether oxygens (including phenoxy) is 2. The van der Waals surface area contributed by atoms with E-state index in [-0.39, 0.29) is 41.9 Å². The molecule has 5 atom stereocenters. The second kappa shape index (κ2) is 13.4. The first-order valence-corrected chi connectivity index (χ1v) is 20.8. The third-order valence-corrected chi connectivity index (χ3v) is 15.9. The first-order valence-electron chi connectivity index (χ1n) is 17.7. The van der Waals surface area contributed by atoms with E-state index in [0.717, 1.165) is 41.1 Å². The molecule has 0 saturated carbocycles. The average molecular weight is 694 g/mol. The van der Waals surface area contributed by atoms with Crippen molar-refractivity contribution in [2.24, 2.45) is 5.92 Å². The van der Waals surface area contributed by atoms with Crippen LogP contribution in [0.5, 0.6) is 5.75 Å². The number of carbonyl (C=O) groups excluding carboxylic acids is 2. The van der Waals surface area contributed by atoms with Crippen LogP contribution in [0.15, 0.2) is 79.0 Å². The first-order chi connectivity index (χ1) is 24.1. The molecule has 0 bridgehead atoms. The number of aliphatic hydroxyl groups excluding tert-OH is 1. The van der Waals surface area contributed by atoms with Crippen molar-refractivity contribution in [2.75, 3.05) is 37.1 Å². The van der Waals surface area contributed by atoms with Crippen molar-refractivity contribution in [1.82, 2.24) is 15.0 Å². The molecule has 4 heterocycles. The molecule has 3 aliphatic rings. The number of anilines is 2. The standard InChI is InChI=1S/C39H47N5O5Si/c1-26-37(50(4,5)30-17-15-29(48-3)16-18-30)35(20-22-43-24-33(40-41-43)31(25-45)27-11-7-6-8-12-27)49-39(26)32-23-28(44-21-10-9-13-36(44)46)14-19-34(32)42(2)38(39)47/h6-8,11-12,14-19,23-24,26,31,35,37,45H,9-10,13,20-22,25H2,1-5H3/t26-,31?,35+,37-,39+/m1/s1. The third kappa shape index (κ3) is 5.65. The second-order valence-corrected chi connectivity index (χ2v) is 19.3. The maximum Gasteiger partial charge on any atom is 0.264 e. The summed E-state index contributed by atoms with van der Waals surface area (Å²) < 4.78 is 14.6. The lowest BCUT2D eigenvalue weighted by Crippen LogP contribution is -2.51. The highest BCUT2D eigenvalue weighted by Crippen LogP contribution is 2.60. The number of nitrogens with zero attached hydrogens (tertiary/aromatic N) is 5.